The molecule has 66 valence electrons. The normalized spacial score (nSPS) is 11.4. The molecule has 0 saturated carbocycles. The third kappa shape index (κ3) is 1.73. The molecule has 1 rings (SSSR count). The van der Waals surface area contributed by atoms with Crippen molar-refractivity contribution in [3.8, 4) is 11.5 Å². The molecule has 0 amide bonds. The molecule has 0 aliphatic heterocycles. The Morgan fingerprint density at radius 1 is 1.08 bits per heavy atom. The molecule has 0 radical (unpaired) electrons. The van der Waals surface area contributed by atoms with Gasteiger partial charge in [0.15, 0.2) is 0 Å². The third-order valence-electron chi connectivity index (χ3n) is 1.24. The quantitative estimate of drug-likeness (QED) is 0.434. The van der Waals surface area contributed by atoms with E-state index in [4.69, 9.17) is 14.4 Å². The Hall–Kier alpha value is -1.10. The monoisotopic (exact) mass is 238 g/mol. The molecule has 0 unspecified atom stereocenters. The standard InChI is InChI=1S/C6H6O5Se/c7-5-2-1-4(3-6(5)8)12(9,10)11/h1-3,7-8H,(H,9,10,11). The summed E-state index contributed by atoms with van der Waals surface area (Å²) < 4.78 is 29.2. The first-order valence-electron chi connectivity index (χ1n) is 2.91. The van der Waals surface area contributed by atoms with E-state index in [0.29, 0.717) is 0 Å². The van der Waals surface area contributed by atoms with Gasteiger partial charge in [-0.2, -0.15) is 0 Å². The van der Waals surface area contributed by atoms with Crippen molar-refractivity contribution < 1.29 is 22.1 Å². The predicted octanol–water partition coefficient (Wildman–Crippen LogP) is -0.903. The Morgan fingerprint density at radius 2 is 1.67 bits per heavy atom. The Balaban J connectivity index is 3.33. The summed E-state index contributed by atoms with van der Waals surface area (Å²) in [5, 5.41) is 17.6. The van der Waals surface area contributed by atoms with E-state index >= 15 is 0 Å². The molecule has 0 saturated heterocycles. The van der Waals surface area contributed by atoms with Gasteiger partial charge >= 0.3 is 69.3 Å². The van der Waals surface area contributed by atoms with Crippen LogP contribution in [0.25, 0.3) is 0 Å². The van der Waals surface area contributed by atoms with Gasteiger partial charge in [0.1, 0.15) is 0 Å². The summed E-state index contributed by atoms with van der Waals surface area (Å²) in [7, 11) is 0. The van der Waals surface area contributed by atoms with Crippen LogP contribution in [0.5, 0.6) is 11.5 Å². The van der Waals surface area contributed by atoms with Crippen molar-refractivity contribution in [3.63, 3.8) is 0 Å². The summed E-state index contributed by atoms with van der Waals surface area (Å²) in [4.78, 5) is 0. The van der Waals surface area contributed by atoms with E-state index in [9.17, 15) is 7.67 Å². The fraction of sp³-hybridized carbons (Fsp3) is 0. The first kappa shape index (κ1) is 8.99. The van der Waals surface area contributed by atoms with Crippen molar-refractivity contribution in [2.75, 3.05) is 0 Å². The second-order valence-electron chi connectivity index (χ2n) is 2.13. The number of phenolic OH excluding ortho intramolecular Hbond substituents is 2. The van der Waals surface area contributed by atoms with E-state index in [-0.39, 0.29) is 4.46 Å². The Bertz CT molecular complexity index is 394. The Kier molecular flexibility index (Phi) is 2.06. The van der Waals surface area contributed by atoms with Crippen LogP contribution in [0.2, 0.25) is 0 Å². The van der Waals surface area contributed by atoms with Gasteiger partial charge < -0.3 is 0 Å². The molecule has 0 aromatic heterocycles. The molecule has 12 heavy (non-hydrogen) atoms. The van der Waals surface area contributed by atoms with Crippen LogP contribution in [-0.2, 0) is 7.67 Å². The van der Waals surface area contributed by atoms with Crippen LogP contribution in [0.15, 0.2) is 18.2 Å². The number of benzene rings is 1. The van der Waals surface area contributed by atoms with E-state index in [2.05, 4.69) is 0 Å². The third-order valence-corrected chi connectivity index (χ3v) is 3.03. The van der Waals surface area contributed by atoms with Gasteiger partial charge in [-0.3, -0.25) is 0 Å². The average molecular weight is 237 g/mol. The zero-order valence-corrected chi connectivity index (χ0v) is 7.51. The molecule has 5 nitrogen and oxygen atoms in total. The van der Waals surface area contributed by atoms with Crippen LogP contribution >= 0.6 is 0 Å². The Morgan fingerprint density at radius 3 is 2.08 bits per heavy atom. The van der Waals surface area contributed by atoms with E-state index in [1.54, 1.807) is 0 Å². The van der Waals surface area contributed by atoms with Crippen LogP contribution in [0.3, 0.4) is 0 Å². The minimum atomic E-state index is -5.03. The van der Waals surface area contributed by atoms with Gasteiger partial charge in [-0.15, -0.1) is 0 Å². The Labute approximate surface area is 69.9 Å². The van der Waals surface area contributed by atoms with Gasteiger partial charge in [0.25, 0.3) is 0 Å². The number of rotatable bonds is 1. The molecule has 0 aliphatic rings. The van der Waals surface area contributed by atoms with Crippen molar-refractivity contribution in [2.45, 2.75) is 0 Å². The molecule has 0 fully saturated rings. The van der Waals surface area contributed by atoms with Crippen LogP contribution in [0.1, 0.15) is 0 Å². The van der Waals surface area contributed by atoms with Gasteiger partial charge in [0.2, 0.25) is 0 Å². The molecule has 3 N–H and O–H groups in total. The first-order valence-corrected chi connectivity index (χ1v) is 5.93. The van der Waals surface area contributed by atoms with Gasteiger partial charge in [-0.05, 0) is 0 Å². The maximum absolute atomic E-state index is 10.5. The van der Waals surface area contributed by atoms with Crippen LogP contribution in [0, 0.1) is 0 Å². The van der Waals surface area contributed by atoms with Gasteiger partial charge in [-0.1, -0.05) is 0 Å². The SMILES string of the molecule is O=[Se](=O)(O)c1ccc(O)c(O)c1. The fourth-order valence-electron chi connectivity index (χ4n) is 0.664. The van der Waals surface area contributed by atoms with Crippen molar-refractivity contribution in [3.05, 3.63) is 18.2 Å². The molecule has 0 heterocycles. The van der Waals surface area contributed by atoms with E-state index in [1.165, 1.54) is 0 Å². The molecule has 1 aromatic rings. The fourth-order valence-corrected chi connectivity index (χ4v) is 1.71. The maximum atomic E-state index is 10.5. The topological polar surface area (TPSA) is 94.8 Å². The summed E-state index contributed by atoms with van der Waals surface area (Å²) in [6, 6.07) is 2.78. The molecule has 0 spiro atoms. The van der Waals surface area contributed by atoms with Crippen LogP contribution in [-0.4, -0.2) is 27.4 Å². The first-order chi connectivity index (χ1) is 5.41. The zero-order valence-electron chi connectivity index (χ0n) is 5.80. The summed E-state index contributed by atoms with van der Waals surface area (Å²) in [5.41, 5.74) is 0. The summed E-state index contributed by atoms with van der Waals surface area (Å²) in [6.07, 6.45) is 0. The predicted molar refractivity (Wildman–Crippen MR) is 38.8 cm³/mol. The number of hydrogen-bond donors (Lipinski definition) is 3. The second kappa shape index (κ2) is 2.75. The summed E-state index contributed by atoms with van der Waals surface area (Å²) >= 11 is -5.03. The van der Waals surface area contributed by atoms with Crippen molar-refractivity contribution >= 4 is 17.5 Å². The molecule has 0 bridgehead atoms. The number of phenols is 2. The van der Waals surface area contributed by atoms with E-state index in [0.717, 1.165) is 18.2 Å². The molecule has 6 heteroatoms. The van der Waals surface area contributed by atoms with E-state index in [1.807, 2.05) is 0 Å². The van der Waals surface area contributed by atoms with Crippen molar-refractivity contribution in [1.82, 2.24) is 0 Å². The van der Waals surface area contributed by atoms with Crippen molar-refractivity contribution in [2.24, 2.45) is 0 Å². The van der Waals surface area contributed by atoms with E-state index < -0.39 is 24.5 Å². The van der Waals surface area contributed by atoms with Gasteiger partial charge in [0, 0.05) is 0 Å². The molecular formula is C6H6O5Se. The molecule has 0 atom stereocenters. The molecular weight excluding hydrogens is 231 g/mol. The summed E-state index contributed by atoms with van der Waals surface area (Å²) in [5.74, 6) is -1.00. The second-order valence-corrected chi connectivity index (χ2v) is 5.11. The average Bonchev–Trinajstić information content (AvgIpc) is 1.92. The zero-order chi connectivity index (χ0) is 9.35. The minimum absolute atomic E-state index is 0.387. The van der Waals surface area contributed by atoms with Crippen LogP contribution in [0.4, 0.5) is 0 Å². The van der Waals surface area contributed by atoms with Gasteiger partial charge in [0.05, 0.1) is 0 Å². The summed E-state index contributed by atoms with van der Waals surface area (Å²) in [6.45, 7) is 0. The molecule has 0 aliphatic carbocycles. The van der Waals surface area contributed by atoms with Gasteiger partial charge in [-0.25, -0.2) is 0 Å². The van der Waals surface area contributed by atoms with Crippen LogP contribution < -0.4 is 4.46 Å². The number of hydrogen-bond acceptors (Lipinski definition) is 4. The van der Waals surface area contributed by atoms with Crippen molar-refractivity contribution in [1.29, 1.82) is 0 Å². The molecule has 1 aromatic carbocycles. The number of aromatic hydroxyl groups is 2.